The zero-order chi connectivity index (χ0) is 10.8. The molecule has 0 saturated heterocycles. The van der Waals surface area contributed by atoms with E-state index in [2.05, 4.69) is 5.10 Å². The van der Waals surface area contributed by atoms with E-state index in [1.165, 1.54) is 10.7 Å². The molecule has 0 atom stereocenters. The molecule has 0 bridgehead atoms. The summed E-state index contributed by atoms with van der Waals surface area (Å²) in [7, 11) is 0. The van der Waals surface area contributed by atoms with E-state index in [0.29, 0.717) is 11.3 Å². The number of rotatable bonds is 1. The first-order chi connectivity index (χ1) is 7.20. The lowest BCUT2D eigenvalue weighted by molar-refractivity contribution is 0.610. The van der Waals surface area contributed by atoms with Crippen molar-refractivity contribution < 1.29 is 4.39 Å². The zero-order valence-electron chi connectivity index (χ0n) is 8.11. The van der Waals surface area contributed by atoms with E-state index in [4.69, 9.17) is 5.26 Å². The van der Waals surface area contributed by atoms with Gasteiger partial charge in [-0.2, -0.15) is 10.4 Å². The number of hydrogen-bond donors (Lipinski definition) is 0. The minimum Gasteiger partial charge on any atom is -0.238 e. The molecule has 0 N–H and O–H groups in total. The summed E-state index contributed by atoms with van der Waals surface area (Å²) in [5.74, 6) is -0.447. The molecule has 0 aliphatic rings. The van der Waals surface area contributed by atoms with E-state index >= 15 is 0 Å². The van der Waals surface area contributed by atoms with Crippen LogP contribution in [0.1, 0.15) is 11.3 Å². The molecule has 4 heteroatoms. The highest BCUT2D eigenvalue weighted by Gasteiger charge is 2.06. The zero-order valence-corrected chi connectivity index (χ0v) is 8.11. The highest BCUT2D eigenvalue weighted by Crippen LogP contribution is 2.14. The van der Waals surface area contributed by atoms with E-state index in [1.807, 2.05) is 13.0 Å². The standard InChI is InChI=1S/C11H8FN3/c1-8-4-5-15(14-8)11-3-2-9(7-13)6-10(11)12/h2-6H,1H3. The Morgan fingerprint density at radius 2 is 2.20 bits per heavy atom. The Morgan fingerprint density at radius 1 is 1.40 bits per heavy atom. The second kappa shape index (κ2) is 3.54. The Kier molecular flexibility index (Phi) is 2.22. The van der Waals surface area contributed by atoms with Crippen LogP contribution in [0.4, 0.5) is 4.39 Å². The molecule has 0 saturated carbocycles. The maximum Gasteiger partial charge on any atom is 0.150 e. The summed E-state index contributed by atoms with van der Waals surface area (Å²) >= 11 is 0. The van der Waals surface area contributed by atoms with Gasteiger partial charge in [-0.15, -0.1) is 0 Å². The number of hydrogen-bond acceptors (Lipinski definition) is 2. The summed E-state index contributed by atoms with van der Waals surface area (Å²) in [5, 5.41) is 12.7. The quantitative estimate of drug-likeness (QED) is 0.709. The average molecular weight is 201 g/mol. The molecule has 15 heavy (non-hydrogen) atoms. The van der Waals surface area contributed by atoms with Gasteiger partial charge >= 0.3 is 0 Å². The van der Waals surface area contributed by atoms with Crippen LogP contribution in [0.25, 0.3) is 5.69 Å². The van der Waals surface area contributed by atoms with Crippen molar-refractivity contribution in [3.63, 3.8) is 0 Å². The molecule has 0 aliphatic heterocycles. The predicted molar refractivity (Wildman–Crippen MR) is 53.0 cm³/mol. The third-order valence-corrected chi connectivity index (χ3v) is 2.05. The Morgan fingerprint density at radius 3 is 2.73 bits per heavy atom. The number of aromatic nitrogens is 2. The Balaban J connectivity index is 2.51. The number of nitriles is 1. The van der Waals surface area contributed by atoms with Gasteiger partial charge in [0.1, 0.15) is 11.5 Å². The second-order valence-corrected chi connectivity index (χ2v) is 3.18. The van der Waals surface area contributed by atoms with Crippen molar-refractivity contribution in [3.05, 3.63) is 47.5 Å². The Hall–Kier alpha value is -2.15. The van der Waals surface area contributed by atoms with Crippen LogP contribution >= 0.6 is 0 Å². The minimum absolute atomic E-state index is 0.306. The van der Waals surface area contributed by atoms with Crippen LogP contribution in [0.3, 0.4) is 0 Å². The highest BCUT2D eigenvalue weighted by molar-refractivity contribution is 5.40. The normalized spacial score (nSPS) is 9.93. The van der Waals surface area contributed by atoms with Gasteiger partial charge in [0, 0.05) is 6.20 Å². The number of aryl methyl sites for hydroxylation is 1. The van der Waals surface area contributed by atoms with Gasteiger partial charge in [0.05, 0.1) is 17.3 Å². The van der Waals surface area contributed by atoms with Gasteiger partial charge in [-0.3, -0.25) is 0 Å². The van der Waals surface area contributed by atoms with E-state index in [-0.39, 0.29) is 0 Å². The molecular weight excluding hydrogens is 193 g/mol. The summed E-state index contributed by atoms with van der Waals surface area (Å²) in [6, 6.07) is 7.98. The summed E-state index contributed by atoms with van der Waals surface area (Å²) in [6.45, 7) is 1.83. The van der Waals surface area contributed by atoms with E-state index in [1.54, 1.807) is 24.4 Å². The second-order valence-electron chi connectivity index (χ2n) is 3.18. The molecule has 2 rings (SSSR count). The van der Waals surface area contributed by atoms with E-state index in [9.17, 15) is 4.39 Å². The van der Waals surface area contributed by atoms with Crippen molar-refractivity contribution in [3.8, 4) is 11.8 Å². The van der Waals surface area contributed by atoms with Crippen LogP contribution in [0.15, 0.2) is 30.5 Å². The number of halogens is 1. The highest BCUT2D eigenvalue weighted by atomic mass is 19.1. The maximum absolute atomic E-state index is 13.5. The molecule has 2 aromatic rings. The molecule has 0 aliphatic carbocycles. The lowest BCUT2D eigenvalue weighted by Crippen LogP contribution is -1.98. The van der Waals surface area contributed by atoms with Crippen LogP contribution in [0, 0.1) is 24.1 Å². The summed E-state index contributed by atoms with van der Waals surface area (Å²) in [4.78, 5) is 0. The SMILES string of the molecule is Cc1ccn(-c2ccc(C#N)cc2F)n1. The fourth-order valence-electron chi connectivity index (χ4n) is 1.31. The van der Waals surface area contributed by atoms with Gasteiger partial charge in [0.2, 0.25) is 0 Å². The third kappa shape index (κ3) is 1.72. The molecule has 0 spiro atoms. The minimum atomic E-state index is -0.447. The lowest BCUT2D eigenvalue weighted by Gasteiger charge is -2.02. The smallest absolute Gasteiger partial charge is 0.150 e. The molecule has 1 aromatic carbocycles. The molecule has 74 valence electrons. The van der Waals surface area contributed by atoms with Crippen LogP contribution < -0.4 is 0 Å². The van der Waals surface area contributed by atoms with Gasteiger partial charge in [-0.05, 0) is 31.2 Å². The average Bonchev–Trinajstić information content (AvgIpc) is 2.64. The number of nitrogens with zero attached hydrogens (tertiary/aromatic N) is 3. The molecule has 0 amide bonds. The largest absolute Gasteiger partial charge is 0.238 e. The Labute approximate surface area is 86.4 Å². The van der Waals surface area contributed by atoms with Crippen molar-refractivity contribution in [2.24, 2.45) is 0 Å². The lowest BCUT2D eigenvalue weighted by atomic mass is 10.2. The van der Waals surface area contributed by atoms with Gasteiger partial charge in [0.15, 0.2) is 0 Å². The number of benzene rings is 1. The molecule has 0 radical (unpaired) electrons. The first kappa shape index (κ1) is 9.41. The Bertz CT molecular complexity index is 537. The van der Waals surface area contributed by atoms with Gasteiger partial charge < -0.3 is 0 Å². The van der Waals surface area contributed by atoms with E-state index in [0.717, 1.165) is 5.69 Å². The van der Waals surface area contributed by atoms with Crippen molar-refractivity contribution >= 4 is 0 Å². The summed E-state index contributed by atoms with van der Waals surface area (Å²) < 4.78 is 15.0. The van der Waals surface area contributed by atoms with Crippen LogP contribution in [-0.4, -0.2) is 9.78 Å². The first-order valence-corrected chi connectivity index (χ1v) is 4.43. The topological polar surface area (TPSA) is 41.6 Å². The van der Waals surface area contributed by atoms with Gasteiger partial charge in [-0.25, -0.2) is 9.07 Å². The molecule has 0 unspecified atom stereocenters. The maximum atomic E-state index is 13.5. The van der Waals surface area contributed by atoms with Crippen LogP contribution in [0.2, 0.25) is 0 Å². The van der Waals surface area contributed by atoms with Crippen LogP contribution in [-0.2, 0) is 0 Å². The van der Waals surface area contributed by atoms with Crippen molar-refractivity contribution in [2.75, 3.05) is 0 Å². The molecule has 3 nitrogen and oxygen atoms in total. The van der Waals surface area contributed by atoms with E-state index < -0.39 is 5.82 Å². The molecule has 1 heterocycles. The van der Waals surface area contributed by atoms with Gasteiger partial charge in [0.25, 0.3) is 0 Å². The van der Waals surface area contributed by atoms with Crippen molar-refractivity contribution in [1.29, 1.82) is 5.26 Å². The third-order valence-electron chi connectivity index (χ3n) is 2.05. The monoisotopic (exact) mass is 201 g/mol. The molecule has 1 aromatic heterocycles. The fraction of sp³-hybridized carbons (Fsp3) is 0.0909. The molecular formula is C11H8FN3. The van der Waals surface area contributed by atoms with Crippen LogP contribution in [0.5, 0.6) is 0 Å². The van der Waals surface area contributed by atoms with Gasteiger partial charge in [-0.1, -0.05) is 0 Å². The predicted octanol–water partition coefficient (Wildman–Crippen LogP) is 2.19. The fourth-order valence-corrected chi connectivity index (χ4v) is 1.31. The molecule has 0 fully saturated rings. The van der Waals surface area contributed by atoms with Crippen molar-refractivity contribution in [1.82, 2.24) is 9.78 Å². The summed E-state index contributed by atoms with van der Waals surface area (Å²) in [6.07, 6.45) is 1.68. The van der Waals surface area contributed by atoms with Crippen molar-refractivity contribution in [2.45, 2.75) is 6.92 Å². The summed E-state index contributed by atoms with van der Waals surface area (Å²) in [5.41, 5.74) is 1.47. The first-order valence-electron chi connectivity index (χ1n) is 4.43.